The number of nitrogens with one attached hydrogen (secondary N) is 1. The molecule has 2 aromatic carbocycles. The van der Waals surface area contributed by atoms with E-state index in [1.165, 1.54) is 5.56 Å². The topological polar surface area (TPSA) is 49.4 Å². The Bertz CT molecular complexity index is 835. The van der Waals surface area contributed by atoms with Crippen molar-refractivity contribution in [3.8, 4) is 0 Å². The standard InChI is InChI=1S/C25H34N2O2/c1-7-22(24(29)26-25(4,5)6)27(17-20-13-11-18(2)12-14-20)23(28)16-21-10-8-9-19(3)15-21/h8-15,22H,7,16-17H2,1-6H3,(H,26,29)/t22-/m1/s1. The molecule has 0 aliphatic heterocycles. The maximum Gasteiger partial charge on any atom is 0.243 e. The molecule has 0 saturated carbocycles. The summed E-state index contributed by atoms with van der Waals surface area (Å²) < 4.78 is 0. The number of rotatable bonds is 7. The van der Waals surface area contributed by atoms with E-state index < -0.39 is 6.04 Å². The minimum atomic E-state index is -0.507. The Hall–Kier alpha value is -2.62. The van der Waals surface area contributed by atoms with E-state index in [0.29, 0.717) is 13.0 Å². The minimum absolute atomic E-state index is 0.0351. The molecule has 2 rings (SSSR count). The Labute approximate surface area is 175 Å². The fourth-order valence-electron chi connectivity index (χ4n) is 3.36. The summed E-state index contributed by atoms with van der Waals surface area (Å²) in [4.78, 5) is 28.0. The highest BCUT2D eigenvalue weighted by Crippen LogP contribution is 2.16. The van der Waals surface area contributed by atoms with Crippen molar-refractivity contribution in [2.75, 3.05) is 0 Å². The largest absolute Gasteiger partial charge is 0.350 e. The van der Waals surface area contributed by atoms with E-state index in [-0.39, 0.29) is 23.8 Å². The first-order chi connectivity index (χ1) is 13.6. The Balaban J connectivity index is 2.30. The van der Waals surface area contributed by atoms with Crippen LogP contribution in [-0.4, -0.2) is 28.3 Å². The summed E-state index contributed by atoms with van der Waals surface area (Å²) in [6, 6.07) is 15.6. The molecule has 0 bridgehead atoms. The summed E-state index contributed by atoms with van der Waals surface area (Å²) in [5.74, 6) is -0.142. The molecule has 29 heavy (non-hydrogen) atoms. The van der Waals surface area contributed by atoms with Crippen molar-refractivity contribution in [1.82, 2.24) is 10.2 Å². The van der Waals surface area contributed by atoms with Crippen LogP contribution in [0.1, 0.15) is 56.4 Å². The van der Waals surface area contributed by atoms with Gasteiger partial charge in [-0.05, 0) is 52.2 Å². The lowest BCUT2D eigenvalue weighted by molar-refractivity contribution is -0.141. The van der Waals surface area contributed by atoms with Crippen LogP contribution in [0.3, 0.4) is 0 Å². The Morgan fingerprint density at radius 1 is 0.966 bits per heavy atom. The number of nitrogens with zero attached hydrogens (tertiary/aromatic N) is 1. The highest BCUT2D eigenvalue weighted by atomic mass is 16.2. The molecule has 4 nitrogen and oxygen atoms in total. The molecule has 4 heteroatoms. The van der Waals surface area contributed by atoms with Gasteiger partial charge in [-0.3, -0.25) is 9.59 Å². The van der Waals surface area contributed by atoms with Crippen LogP contribution in [0.5, 0.6) is 0 Å². The van der Waals surface area contributed by atoms with Gasteiger partial charge in [-0.15, -0.1) is 0 Å². The lowest BCUT2D eigenvalue weighted by Gasteiger charge is -2.33. The van der Waals surface area contributed by atoms with Crippen LogP contribution >= 0.6 is 0 Å². The van der Waals surface area contributed by atoms with Crippen molar-refractivity contribution in [3.05, 3.63) is 70.8 Å². The van der Waals surface area contributed by atoms with Gasteiger partial charge in [0.2, 0.25) is 11.8 Å². The lowest BCUT2D eigenvalue weighted by atomic mass is 10.0. The molecule has 1 N–H and O–H groups in total. The summed E-state index contributed by atoms with van der Waals surface area (Å²) in [5.41, 5.74) is 3.94. The zero-order valence-electron chi connectivity index (χ0n) is 18.6. The van der Waals surface area contributed by atoms with Gasteiger partial charge in [0.25, 0.3) is 0 Å². The van der Waals surface area contributed by atoms with E-state index in [4.69, 9.17) is 0 Å². The quantitative estimate of drug-likeness (QED) is 0.748. The zero-order chi connectivity index (χ0) is 21.6. The van der Waals surface area contributed by atoms with Crippen molar-refractivity contribution in [2.45, 2.75) is 72.5 Å². The third kappa shape index (κ3) is 7.04. The van der Waals surface area contributed by atoms with Gasteiger partial charge in [0, 0.05) is 12.1 Å². The average molecular weight is 395 g/mol. The predicted octanol–water partition coefficient (Wildman–Crippen LogP) is 4.57. The van der Waals surface area contributed by atoms with Gasteiger partial charge < -0.3 is 10.2 Å². The third-order valence-corrected chi connectivity index (χ3v) is 4.80. The number of hydrogen-bond donors (Lipinski definition) is 1. The Kier molecular flexibility index (Phi) is 7.60. The third-order valence-electron chi connectivity index (χ3n) is 4.80. The molecule has 0 unspecified atom stereocenters. The molecule has 2 amide bonds. The van der Waals surface area contributed by atoms with E-state index in [2.05, 4.69) is 5.32 Å². The molecule has 0 fully saturated rings. The van der Waals surface area contributed by atoms with Crippen molar-refractivity contribution in [1.29, 1.82) is 0 Å². The number of benzene rings is 2. The Morgan fingerprint density at radius 3 is 2.17 bits per heavy atom. The normalized spacial score (nSPS) is 12.3. The first kappa shape index (κ1) is 22.7. The molecule has 0 aliphatic carbocycles. The van der Waals surface area contributed by atoms with Gasteiger partial charge in [-0.2, -0.15) is 0 Å². The van der Waals surface area contributed by atoms with Gasteiger partial charge in [0.1, 0.15) is 6.04 Å². The molecule has 156 valence electrons. The highest BCUT2D eigenvalue weighted by Gasteiger charge is 2.30. The van der Waals surface area contributed by atoms with E-state index in [1.807, 2.05) is 90.1 Å². The maximum absolute atomic E-state index is 13.3. The van der Waals surface area contributed by atoms with E-state index in [9.17, 15) is 9.59 Å². The lowest BCUT2D eigenvalue weighted by Crippen LogP contribution is -2.53. The van der Waals surface area contributed by atoms with Crippen LogP contribution in [0.25, 0.3) is 0 Å². The maximum atomic E-state index is 13.3. The molecule has 0 heterocycles. The van der Waals surface area contributed by atoms with Crippen molar-refractivity contribution < 1.29 is 9.59 Å². The second kappa shape index (κ2) is 9.73. The number of amides is 2. The van der Waals surface area contributed by atoms with Gasteiger partial charge in [-0.1, -0.05) is 66.6 Å². The summed E-state index contributed by atoms with van der Waals surface area (Å²) in [6.07, 6.45) is 0.847. The van der Waals surface area contributed by atoms with Crippen LogP contribution in [0.4, 0.5) is 0 Å². The van der Waals surface area contributed by atoms with Crippen LogP contribution in [0.15, 0.2) is 48.5 Å². The molecule has 2 aromatic rings. The summed E-state index contributed by atoms with van der Waals surface area (Å²) in [7, 11) is 0. The molecule has 0 aromatic heterocycles. The van der Waals surface area contributed by atoms with Gasteiger partial charge in [0.15, 0.2) is 0 Å². The molecule has 1 atom stereocenters. The van der Waals surface area contributed by atoms with Crippen molar-refractivity contribution >= 4 is 11.8 Å². The number of hydrogen-bond acceptors (Lipinski definition) is 2. The second-order valence-corrected chi connectivity index (χ2v) is 8.84. The highest BCUT2D eigenvalue weighted by molar-refractivity contribution is 5.88. The van der Waals surface area contributed by atoms with Crippen LogP contribution in [-0.2, 0) is 22.6 Å². The van der Waals surface area contributed by atoms with E-state index >= 15 is 0 Å². The van der Waals surface area contributed by atoms with Gasteiger partial charge >= 0.3 is 0 Å². The fraction of sp³-hybridized carbons (Fsp3) is 0.440. The summed E-state index contributed by atoms with van der Waals surface area (Å²) in [6.45, 7) is 12.3. The SMILES string of the molecule is CC[C@H](C(=O)NC(C)(C)C)N(Cc1ccc(C)cc1)C(=O)Cc1cccc(C)c1. The monoisotopic (exact) mass is 394 g/mol. The molecule has 0 aliphatic rings. The fourth-order valence-corrected chi connectivity index (χ4v) is 3.36. The summed E-state index contributed by atoms with van der Waals surface area (Å²) >= 11 is 0. The number of carbonyl (C=O) groups is 2. The molecule has 0 saturated heterocycles. The molecular formula is C25H34N2O2. The van der Waals surface area contributed by atoms with Crippen molar-refractivity contribution in [3.63, 3.8) is 0 Å². The Morgan fingerprint density at radius 2 is 1.62 bits per heavy atom. The van der Waals surface area contributed by atoms with Crippen molar-refractivity contribution in [2.24, 2.45) is 0 Å². The first-order valence-electron chi connectivity index (χ1n) is 10.3. The first-order valence-corrected chi connectivity index (χ1v) is 10.3. The smallest absolute Gasteiger partial charge is 0.243 e. The molecule has 0 spiro atoms. The van der Waals surface area contributed by atoms with Crippen LogP contribution in [0, 0.1) is 13.8 Å². The number of aryl methyl sites for hydroxylation is 2. The minimum Gasteiger partial charge on any atom is -0.350 e. The predicted molar refractivity (Wildman–Crippen MR) is 119 cm³/mol. The number of carbonyl (C=O) groups excluding carboxylic acids is 2. The van der Waals surface area contributed by atoms with Gasteiger partial charge in [-0.25, -0.2) is 0 Å². The van der Waals surface area contributed by atoms with Crippen LogP contribution in [0.2, 0.25) is 0 Å². The molecular weight excluding hydrogens is 360 g/mol. The van der Waals surface area contributed by atoms with E-state index in [0.717, 1.165) is 16.7 Å². The second-order valence-electron chi connectivity index (χ2n) is 8.84. The molecule has 0 radical (unpaired) electrons. The van der Waals surface area contributed by atoms with E-state index in [1.54, 1.807) is 4.90 Å². The van der Waals surface area contributed by atoms with Gasteiger partial charge in [0.05, 0.1) is 6.42 Å². The van der Waals surface area contributed by atoms with Crippen LogP contribution < -0.4 is 5.32 Å². The zero-order valence-corrected chi connectivity index (χ0v) is 18.6. The average Bonchev–Trinajstić information content (AvgIpc) is 2.61. The summed E-state index contributed by atoms with van der Waals surface area (Å²) in [5, 5.41) is 3.04.